The number of rotatable bonds is 1. The van der Waals surface area contributed by atoms with E-state index < -0.39 is 0 Å². The van der Waals surface area contributed by atoms with Crippen LogP contribution in [-0.2, 0) is 0 Å². The molecule has 0 spiro atoms. The zero-order valence-corrected chi connectivity index (χ0v) is 5.99. The predicted molar refractivity (Wildman–Crippen MR) is 44.2 cm³/mol. The summed E-state index contributed by atoms with van der Waals surface area (Å²) < 4.78 is 0. The van der Waals surface area contributed by atoms with Gasteiger partial charge in [0.1, 0.15) is 5.76 Å². The third-order valence-corrected chi connectivity index (χ3v) is 1.68. The second kappa shape index (κ2) is 2.34. The Balaban J connectivity index is 2.34. The van der Waals surface area contributed by atoms with Gasteiger partial charge in [-0.05, 0) is 0 Å². The highest BCUT2D eigenvalue weighted by Gasteiger charge is 2.14. The number of amidine groups is 1. The maximum atomic E-state index is 9.31. The average Bonchev–Trinajstić information content (AvgIpc) is 2.55. The van der Waals surface area contributed by atoms with Gasteiger partial charge in [0.15, 0.2) is 5.84 Å². The van der Waals surface area contributed by atoms with Crippen LogP contribution in [-0.4, -0.2) is 23.7 Å². The average molecular weight is 148 g/mol. The summed E-state index contributed by atoms with van der Waals surface area (Å²) in [6.07, 6.45) is 6.11. The number of hydrogen-bond acceptors (Lipinski definition) is 3. The van der Waals surface area contributed by atoms with Crippen LogP contribution in [0.3, 0.4) is 0 Å². The Kier molecular flexibility index (Phi) is 1.35. The van der Waals surface area contributed by atoms with Gasteiger partial charge in [0, 0.05) is 12.6 Å². The lowest BCUT2D eigenvalue weighted by Crippen LogP contribution is -1.95. The molecule has 11 heavy (non-hydrogen) atoms. The number of aliphatic hydroxyl groups is 1. The van der Waals surface area contributed by atoms with E-state index in [2.05, 4.69) is 9.98 Å². The van der Waals surface area contributed by atoms with Crippen LogP contribution >= 0.6 is 0 Å². The van der Waals surface area contributed by atoms with Crippen molar-refractivity contribution in [1.29, 1.82) is 0 Å². The second-order valence-electron chi connectivity index (χ2n) is 2.44. The highest BCUT2D eigenvalue weighted by Crippen LogP contribution is 2.19. The van der Waals surface area contributed by atoms with Crippen LogP contribution < -0.4 is 0 Å². The minimum Gasteiger partial charge on any atom is -0.511 e. The van der Waals surface area contributed by atoms with Gasteiger partial charge in [-0.3, -0.25) is 4.99 Å². The molecule has 2 aliphatic rings. The molecular weight excluding hydrogens is 140 g/mol. The molecule has 0 fully saturated rings. The third-order valence-electron chi connectivity index (χ3n) is 1.68. The molecule has 0 saturated carbocycles. The van der Waals surface area contributed by atoms with E-state index in [0.717, 1.165) is 5.57 Å². The first kappa shape index (κ1) is 6.34. The summed E-state index contributed by atoms with van der Waals surface area (Å²) >= 11 is 0. The first-order chi connectivity index (χ1) is 5.38. The SMILES string of the molecule is OC1=C(C2=NCC=N2)C=CC1. The zero-order valence-electron chi connectivity index (χ0n) is 5.99. The molecule has 1 N–H and O–H groups in total. The summed E-state index contributed by atoms with van der Waals surface area (Å²) in [6.45, 7) is 0.639. The second-order valence-corrected chi connectivity index (χ2v) is 2.44. The topological polar surface area (TPSA) is 45.0 Å². The fourth-order valence-corrected chi connectivity index (χ4v) is 1.15. The van der Waals surface area contributed by atoms with Gasteiger partial charge in [-0.2, -0.15) is 0 Å². The fraction of sp³-hybridized carbons (Fsp3) is 0.250. The van der Waals surface area contributed by atoms with Crippen molar-refractivity contribution in [3.63, 3.8) is 0 Å². The Morgan fingerprint density at radius 1 is 1.45 bits per heavy atom. The highest BCUT2D eigenvalue weighted by molar-refractivity contribution is 6.08. The zero-order chi connectivity index (χ0) is 7.68. The van der Waals surface area contributed by atoms with E-state index in [1.54, 1.807) is 6.21 Å². The lowest BCUT2D eigenvalue weighted by molar-refractivity contribution is 0.402. The van der Waals surface area contributed by atoms with Crippen molar-refractivity contribution < 1.29 is 5.11 Å². The van der Waals surface area contributed by atoms with Gasteiger partial charge >= 0.3 is 0 Å². The van der Waals surface area contributed by atoms with E-state index in [-0.39, 0.29) is 0 Å². The molecule has 1 heterocycles. The van der Waals surface area contributed by atoms with Gasteiger partial charge in [0.05, 0.1) is 12.1 Å². The van der Waals surface area contributed by atoms with Crippen LogP contribution in [0.25, 0.3) is 0 Å². The van der Waals surface area contributed by atoms with E-state index in [0.29, 0.717) is 24.6 Å². The molecule has 0 aromatic rings. The van der Waals surface area contributed by atoms with Gasteiger partial charge < -0.3 is 5.11 Å². The lowest BCUT2D eigenvalue weighted by atomic mass is 10.2. The van der Waals surface area contributed by atoms with Crippen molar-refractivity contribution in [3.05, 3.63) is 23.5 Å². The fourth-order valence-electron chi connectivity index (χ4n) is 1.15. The Labute approximate surface area is 64.5 Å². The molecule has 0 atom stereocenters. The summed E-state index contributed by atoms with van der Waals surface area (Å²) in [5.74, 6) is 1.04. The van der Waals surface area contributed by atoms with Crippen molar-refractivity contribution in [2.24, 2.45) is 9.98 Å². The summed E-state index contributed by atoms with van der Waals surface area (Å²) in [7, 11) is 0. The van der Waals surface area contributed by atoms with Crippen LogP contribution in [0, 0.1) is 0 Å². The van der Waals surface area contributed by atoms with Crippen LogP contribution in [0.1, 0.15) is 6.42 Å². The molecule has 0 amide bonds. The number of aliphatic hydroxyl groups excluding tert-OH is 1. The molecule has 2 rings (SSSR count). The van der Waals surface area contributed by atoms with Crippen molar-refractivity contribution >= 4 is 12.1 Å². The van der Waals surface area contributed by atoms with Crippen molar-refractivity contribution in [3.8, 4) is 0 Å². The minimum atomic E-state index is 0.378. The molecule has 0 unspecified atom stereocenters. The number of aliphatic imine (C=N–C) groups is 2. The van der Waals surface area contributed by atoms with Gasteiger partial charge in [-0.25, -0.2) is 4.99 Å². The summed E-state index contributed by atoms with van der Waals surface area (Å²) in [5, 5.41) is 9.31. The van der Waals surface area contributed by atoms with Crippen LogP contribution in [0.5, 0.6) is 0 Å². The number of nitrogens with zero attached hydrogens (tertiary/aromatic N) is 2. The Morgan fingerprint density at radius 3 is 2.91 bits per heavy atom. The van der Waals surface area contributed by atoms with Gasteiger partial charge in [-0.15, -0.1) is 0 Å². The summed E-state index contributed by atoms with van der Waals surface area (Å²) in [4.78, 5) is 8.12. The van der Waals surface area contributed by atoms with Crippen molar-refractivity contribution in [2.75, 3.05) is 6.54 Å². The molecule has 3 heteroatoms. The van der Waals surface area contributed by atoms with Crippen LogP contribution in [0.15, 0.2) is 33.5 Å². The molecule has 0 bridgehead atoms. The molecule has 1 aliphatic carbocycles. The van der Waals surface area contributed by atoms with Crippen LogP contribution in [0.4, 0.5) is 0 Å². The normalized spacial score (nSPS) is 21.6. The lowest BCUT2D eigenvalue weighted by Gasteiger charge is -1.96. The predicted octanol–water partition coefficient (Wildman–Crippen LogP) is 1.24. The quantitative estimate of drug-likeness (QED) is 0.597. The Morgan fingerprint density at radius 2 is 2.36 bits per heavy atom. The molecule has 0 aromatic carbocycles. The molecule has 0 radical (unpaired) electrons. The van der Waals surface area contributed by atoms with Gasteiger partial charge in [-0.1, -0.05) is 12.2 Å². The van der Waals surface area contributed by atoms with E-state index in [4.69, 9.17) is 0 Å². The Hall–Kier alpha value is -1.38. The maximum absolute atomic E-state index is 9.31. The molecular formula is C8H8N2O. The smallest absolute Gasteiger partial charge is 0.158 e. The van der Waals surface area contributed by atoms with E-state index in [9.17, 15) is 5.11 Å². The van der Waals surface area contributed by atoms with E-state index in [1.165, 1.54) is 0 Å². The van der Waals surface area contributed by atoms with Gasteiger partial charge in [0.25, 0.3) is 0 Å². The first-order valence-corrected chi connectivity index (χ1v) is 3.54. The maximum Gasteiger partial charge on any atom is 0.158 e. The van der Waals surface area contributed by atoms with Crippen molar-refractivity contribution in [2.45, 2.75) is 6.42 Å². The largest absolute Gasteiger partial charge is 0.511 e. The molecule has 3 nitrogen and oxygen atoms in total. The number of hydrogen-bond donors (Lipinski definition) is 1. The molecule has 0 aromatic heterocycles. The van der Waals surface area contributed by atoms with E-state index in [1.807, 2.05) is 12.2 Å². The summed E-state index contributed by atoms with van der Waals surface area (Å²) in [6, 6.07) is 0. The molecule has 1 aliphatic heterocycles. The standard InChI is InChI=1S/C8H8N2O/c11-7-3-1-2-6(7)8-9-4-5-10-8/h1-2,4,11H,3,5H2. The minimum absolute atomic E-state index is 0.378. The van der Waals surface area contributed by atoms with Crippen molar-refractivity contribution in [1.82, 2.24) is 0 Å². The Bertz CT molecular complexity index is 297. The van der Waals surface area contributed by atoms with Gasteiger partial charge in [0.2, 0.25) is 0 Å². The third kappa shape index (κ3) is 0.981. The van der Waals surface area contributed by atoms with Crippen LogP contribution in [0.2, 0.25) is 0 Å². The highest BCUT2D eigenvalue weighted by atomic mass is 16.3. The van der Waals surface area contributed by atoms with E-state index >= 15 is 0 Å². The first-order valence-electron chi connectivity index (χ1n) is 3.54. The molecule has 56 valence electrons. The molecule has 0 saturated heterocycles. The monoisotopic (exact) mass is 148 g/mol. The summed E-state index contributed by atoms with van der Waals surface area (Å²) in [5.41, 5.74) is 0.777. The number of allylic oxidation sites excluding steroid dienone is 1.